The second-order valence-electron chi connectivity index (χ2n) is 9.24. The third-order valence-corrected chi connectivity index (χ3v) is 8.62. The minimum Gasteiger partial charge on any atom is -0.357 e. The molecular formula is C30H30ClN3O4S. The van der Waals surface area contributed by atoms with Crippen LogP contribution in [0.3, 0.4) is 0 Å². The lowest BCUT2D eigenvalue weighted by molar-refractivity contribution is -0.141. The fourth-order valence-electron chi connectivity index (χ4n) is 4.38. The molecule has 4 aromatic rings. The molecule has 1 N–H and O–H groups in total. The van der Waals surface area contributed by atoms with Gasteiger partial charge in [-0.3, -0.25) is 9.59 Å². The summed E-state index contributed by atoms with van der Waals surface area (Å²) in [5, 5.41) is 4.90. The van der Waals surface area contributed by atoms with Crippen molar-refractivity contribution in [1.29, 1.82) is 0 Å². The molecule has 39 heavy (non-hydrogen) atoms. The highest BCUT2D eigenvalue weighted by atomic mass is 35.5. The van der Waals surface area contributed by atoms with Crippen LogP contribution in [0.25, 0.3) is 10.8 Å². The summed E-state index contributed by atoms with van der Waals surface area (Å²) in [5.41, 5.74) is 1.63. The van der Waals surface area contributed by atoms with Gasteiger partial charge in [0.1, 0.15) is 6.04 Å². The van der Waals surface area contributed by atoms with Gasteiger partial charge in [-0.25, -0.2) is 8.42 Å². The number of sulfonamides is 1. The number of hydrogen-bond donors (Lipinski definition) is 1. The maximum absolute atomic E-state index is 13.8. The van der Waals surface area contributed by atoms with E-state index in [2.05, 4.69) is 5.32 Å². The summed E-state index contributed by atoms with van der Waals surface area (Å²) in [5.74, 6) is -0.845. The fraction of sp³-hybridized carbons (Fsp3) is 0.200. The van der Waals surface area contributed by atoms with E-state index in [1.165, 1.54) is 25.1 Å². The number of halogens is 1. The van der Waals surface area contributed by atoms with E-state index in [0.717, 1.165) is 26.2 Å². The highest BCUT2D eigenvalue weighted by Crippen LogP contribution is 2.22. The van der Waals surface area contributed by atoms with Crippen molar-refractivity contribution in [1.82, 2.24) is 14.5 Å². The van der Waals surface area contributed by atoms with E-state index in [1.54, 1.807) is 36.4 Å². The van der Waals surface area contributed by atoms with E-state index in [-0.39, 0.29) is 23.8 Å². The minimum atomic E-state index is -3.98. The summed E-state index contributed by atoms with van der Waals surface area (Å²) in [6.07, 6.45) is 0.265. The molecule has 0 aliphatic rings. The Morgan fingerprint density at radius 3 is 2.15 bits per heavy atom. The number of likely N-dealkylation sites (N-methyl/N-ethyl adjacent to an activating group) is 2. The molecule has 0 radical (unpaired) electrons. The molecule has 0 fully saturated rings. The third kappa shape index (κ3) is 6.84. The van der Waals surface area contributed by atoms with E-state index >= 15 is 0 Å². The maximum Gasteiger partial charge on any atom is 0.243 e. The van der Waals surface area contributed by atoms with E-state index in [0.29, 0.717) is 5.02 Å². The molecule has 1 unspecified atom stereocenters. The van der Waals surface area contributed by atoms with E-state index in [1.807, 2.05) is 54.6 Å². The zero-order chi connectivity index (χ0) is 28.0. The molecule has 4 aromatic carbocycles. The SMILES string of the molecule is CNC(=O)C(Cc1ccccc1)N(Cc1ccc(Cl)cc1)C(=O)CN(C)S(=O)(=O)c1ccc2ccccc2c1. The lowest BCUT2D eigenvalue weighted by Gasteiger charge is -2.32. The lowest BCUT2D eigenvalue weighted by atomic mass is 10.0. The Morgan fingerprint density at radius 2 is 1.49 bits per heavy atom. The smallest absolute Gasteiger partial charge is 0.243 e. The standard InChI is InChI=1S/C30H30ClN3O4S/c1-32-30(36)28(18-22-8-4-3-5-9-22)34(20-23-12-15-26(31)16-13-23)29(35)21-33(2)39(37,38)27-17-14-24-10-6-7-11-25(24)19-27/h3-17,19,28H,18,20-21H2,1-2H3,(H,32,36). The van der Waals surface area contributed by atoms with Gasteiger partial charge < -0.3 is 10.2 Å². The van der Waals surface area contributed by atoms with Crippen LogP contribution in [0.5, 0.6) is 0 Å². The summed E-state index contributed by atoms with van der Waals surface area (Å²) in [4.78, 5) is 28.4. The Morgan fingerprint density at radius 1 is 0.846 bits per heavy atom. The first-order chi connectivity index (χ1) is 18.7. The van der Waals surface area contributed by atoms with Crippen LogP contribution in [0, 0.1) is 0 Å². The van der Waals surface area contributed by atoms with Crippen LogP contribution in [0.2, 0.25) is 5.02 Å². The number of rotatable bonds is 10. The van der Waals surface area contributed by atoms with Gasteiger partial charge >= 0.3 is 0 Å². The molecule has 0 saturated carbocycles. The van der Waals surface area contributed by atoms with Gasteiger partial charge in [-0.1, -0.05) is 84.4 Å². The molecular weight excluding hydrogens is 534 g/mol. The van der Waals surface area contributed by atoms with Crippen LogP contribution in [0.1, 0.15) is 11.1 Å². The zero-order valence-corrected chi connectivity index (χ0v) is 23.3. The largest absolute Gasteiger partial charge is 0.357 e. The molecule has 0 aliphatic carbocycles. The number of carbonyl (C=O) groups excluding carboxylic acids is 2. The number of amides is 2. The number of nitrogens with zero attached hydrogens (tertiary/aromatic N) is 2. The molecule has 4 rings (SSSR count). The van der Waals surface area contributed by atoms with Gasteiger partial charge in [0.15, 0.2) is 0 Å². The fourth-order valence-corrected chi connectivity index (χ4v) is 5.66. The third-order valence-electron chi connectivity index (χ3n) is 6.57. The zero-order valence-electron chi connectivity index (χ0n) is 21.7. The summed E-state index contributed by atoms with van der Waals surface area (Å²) in [7, 11) is -1.09. The van der Waals surface area contributed by atoms with Crippen molar-refractivity contribution in [3.8, 4) is 0 Å². The summed E-state index contributed by atoms with van der Waals surface area (Å²) in [6, 6.07) is 27.8. The van der Waals surface area contributed by atoms with Crippen molar-refractivity contribution in [3.05, 3.63) is 113 Å². The van der Waals surface area contributed by atoms with Crippen LogP contribution in [0.15, 0.2) is 102 Å². The monoisotopic (exact) mass is 563 g/mol. The van der Waals surface area contributed by atoms with Crippen molar-refractivity contribution in [2.24, 2.45) is 0 Å². The first-order valence-corrected chi connectivity index (χ1v) is 14.3. The van der Waals surface area contributed by atoms with Gasteiger partial charge in [-0.2, -0.15) is 4.31 Å². The van der Waals surface area contributed by atoms with Crippen molar-refractivity contribution in [2.45, 2.75) is 23.9 Å². The Bertz CT molecular complexity index is 1560. The van der Waals surface area contributed by atoms with Gasteiger partial charge in [0.25, 0.3) is 0 Å². The summed E-state index contributed by atoms with van der Waals surface area (Å²) < 4.78 is 27.9. The average molecular weight is 564 g/mol. The molecule has 0 aliphatic heterocycles. The van der Waals surface area contributed by atoms with Crippen LogP contribution in [-0.2, 0) is 32.6 Å². The number of fused-ring (bicyclic) bond motifs is 1. The molecule has 0 bridgehead atoms. The molecule has 0 heterocycles. The van der Waals surface area contributed by atoms with Crippen LogP contribution < -0.4 is 5.32 Å². The van der Waals surface area contributed by atoms with Gasteiger partial charge in [0.05, 0.1) is 11.4 Å². The summed E-state index contributed by atoms with van der Waals surface area (Å²) >= 11 is 6.05. The molecule has 2 amide bonds. The second kappa shape index (κ2) is 12.4. The Kier molecular flexibility index (Phi) is 9.01. The number of hydrogen-bond acceptors (Lipinski definition) is 4. The van der Waals surface area contributed by atoms with Gasteiger partial charge in [0, 0.05) is 32.1 Å². The van der Waals surface area contributed by atoms with E-state index in [9.17, 15) is 18.0 Å². The van der Waals surface area contributed by atoms with E-state index < -0.39 is 28.5 Å². The molecule has 0 saturated heterocycles. The first-order valence-electron chi connectivity index (χ1n) is 12.4. The highest BCUT2D eigenvalue weighted by molar-refractivity contribution is 7.89. The van der Waals surface area contributed by atoms with Gasteiger partial charge in [-0.05, 0) is 46.2 Å². The van der Waals surface area contributed by atoms with Crippen molar-refractivity contribution < 1.29 is 18.0 Å². The molecule has 7 nitrogen and oxygen atoms in total. The number of carbonyl (C=O) groups is 2. The van der Waals surface area contributed by atoms with Crippen molar-refractivity contribution in [3.63, 3.8) is 0 Å². The van der Waals surface area contributed by atoms with Gasteiger partial charge in [-0.15, -0.1) is 0 Å². The topological polar surface area (TPSA) is 86.8 Å². The Balaban J connectivity index is 1.64. The lowest BCUT2D eigenvalue weighted by Crippen LogP contribution is -2.52. The van der Waals surface area contributed by atoms with Crippen LogP contribution >= 0.6 is 11.6 Å². The first kappa shape index (κ1) is 28.3. The minimum absolute atomic E-state index is 0.0906. The average Bonchev–Trinajstić information content (AvgIpc) is 2.95. The molecule has 0 spiro atoms. The molecule has 0 aromatic heterocycles. The second-order valence-corrected chi connectivity index (χ2v) is 11.7. The predicted molar refractivity (Wildman–Crippen MR) is 154 cm³/mol. The Hall–Kier alpha value is -3.72. The maximum atomic E-state index is 13.8. The molecule has 202 valence electrons. The number of benzene rings is 4. The number of nitrogens with one attached hydrogen (secondary N) is 1. The predicted octanol–water partition coefficient (Wildman–Crippen LogP) is 4.50. The normalized spacial score (nSPS) is 12.3. The van der Waals surface area contributed by atoms with Crippen LogP contribution in [-0.4, -0.2) is 56.1 Å². The summed E-state index contributed by atoms with van der Waals surface area (Å²) in [6.45, 7) is -0.337. The van der Waals surface area contributed by atoms with Crippen molar-refractivity contribution in [2.75, 3.05) is 20.6 Å². The van der Waals surface area contributed by atoms with Crippen LogP contribution in [0.4, 0.5) is 0 Å². The molecule has 1 atom stereocenters. The Labute approximate surface area is 234 Å². The quantitative estimate of drug-likeness (QED) is 0.308. The van der Waals surface area contributed by atoms with Gasteiger partial charge in [0.2, 0.25) is 21.8 Å². The molecule has 9 heteroatoms. The highest BCUT2D eigenvalue weighted by Gasteiger charge is 2.32. The van der Waals surface area contributed by atoms with Crippen molar-refractivity contribution >= 4 is 44.2 Å². The van der Waals surface area contributed by atoms with E-state index in [4.69, 9.17) is 11.6 Å².